The van der Waals surface area contributed by atoms with Gasteiger partial charge >= 0.3 is 0 Å². The Bertz CT molecular complexity index is 956. The molecule has 0 unspecified atom stereocenters. The van der Waals surface area contributed by atoms with Crippen LogP contribution >= 0.6 is 11.6 Å². The second kappa shape index (κ2) is 7.93. The summed E-state index contributed by atoms with van der Waals surface area (Å²) >= 11 is 6.16. The van der Waals surface area contributed by atoms with E-state index >= 15 is 0 Å². The molecule has 4 N–H and O–H groups in total. The normalized spacial score (nSPS) is 17.4. The van der Waals surface area contributed by atoms with E-state index in [1.165, 1.54) is 12.8 Å². The zero-order chi connectivity index (χ0) is 19.7. The van der Waals surface area contributed by atoms with Crippen LogP contribution in [0.5, 0.6) is 0 Å². The third-order valence-electron chi connectivity index (χ3n) is 5.08. The van der Waals surface area contributed by atoms with Gasteiger partial charge in [0.2, 0.25) is 0 Å². The van der Waals surface area contributed by atoms with Crippen LogP contribution in [0.15, 0.2) is 24.5 Å². The van der Waals surface area contributed by atoms with Gasteiger partial charge in [-0.15, -0.1) is 0 Å². The minimum Gasteiger partial charge on any atom is -0.399 e. The summed E-state index contributed by atoms with van der Waals surface area (Å²) in [4.78, 5) is 14.2. The SMILES string of the molecule is CC(C)n1cnc2c(Nc3cc(N)cc(Cl)c3)nc(C[C@@H]3CCCNC3)nc21. The van der Waals surface area contributed by atoms with E-state index in [9.17, 15) is 0 Å². The number of nitrogens with zero attached hydrogens (tertiary/aromatic N) is 4. The number of fused-ring (bicyclic) bond motifs is 1. The second-order valence-corrected chi connectivity index (χ2v) is 8.16. The second-order valence-electron chi connectivity index (χ2n) is 7.72. The van der Waals surface area contributed by atoms with Crippen molar-refractivity contribution in [3.63, 3.8) is 0 Å². The van der Waals surface area contributed by atoms with Crippen LogP contribution in [0.25, 0.3) is 11.2 Å². The van der Waals surface area contributed by atoms with Gasteiger partial charge in [-0.3, -0.25) is 0 Å². The smallest absolute Gasteiger partial charge is 0.166 e. The van der Waals surface area contributed by atoms with Crippen molar-refractivity contribution in [3.05, 3.63) is 35.4 Å². The number of nitrogens with one attached hydrogen (secondary N) is 2. The number of nitrogens with two attached hydrogens (primary N) is 1. The van der Waals surface area contributed by atoms with E-state index in [4.69, 9.17) is 27.3 Å². The number of benzene rings is 1. The summed E-state index contributed by atoms with van der Waals surface area (Å²) in [6, 6.07) is 5.65. The molecule has 0 radical (unpaired) electrons. The highest BCUT2D eigenvalue weighted by Crippen LogP contribution is 2.28. The minimum absolute atomic E-state index is 0.263. The van der Waals surface area contributed by atoms with Crippen LogP contribution in [0.3, 0.4) is 0 Å². The Morgan fingerprint density at radius 2 is 2.18 bits per heavy atom. The molecule has 0 saturated carbocycles. The fourth-order valence-corrected chi connectivity index (χ4v) is 3.94. The Balaban J connectivity index is 1.74. The number of hydrogen-bond acceptors (Lipinski definition) is 6. The highest BCUT2D eigenvalue weighted by atomic mass is 35.5. The van der Waals surface area contributed by atoms with Crippen molar-refractivity contribution in [3.8, 4) is 0 Å². The quantitative estimate of drug-likeness (QED) is 0.563. The molecule has 1 aliphatic rings. The van der Waals surface area contributed by atoms with Crippen LogP contribution in [0.1, 0.15) is 38.6 Å². The van der Waals surface area contributed by atoms with Crippen LogP contribution in [-0.2, 0) is 6.42 Å². The van der Waals surface area contributed by atoms with Gasteiger partial charge in [-0.25, -0.2) is 15.0 Å². The van der Waals surface area contributed by atoms with E-state index in [2.05, 4.69) is 34.0 Å². The lowest BCUT2D eigenvalue weighted by molar-refractivity contribution is 0.371. The maximum atomic E-state index is 6.16. The Morgan fingerprint density at radius 3 is 2.89 bits per heavy atom. The molecular weight excluding hydrogens is 374 g/mol. The molecule has 0 amide bonds. The van der Waals surface area contributed by atoms with Crippen LogP contribution in [-0.4, -0.2) is 32.6 Å². The number of anilines is 3. The summed E-state index contributed by atoms with van der Waals surface area (Å²) in [7, 11) is 0. The number of halogens is 1. The van der Waals surface area contributed by atoms with Crippen LogP contribution in [0.4, 0.5) is 17.2 Å². The van der Waals surface area contributed by atoms with E-state index in [1.54, 1.807) is 6.07 Å². The molecule has 7 nitrogen and oxygen atoms in total. The summed E-state index contributed by atoms with van der Waals surface area (Å²) in [5.41, 5.74) is 8.92. The zero-order valence-electron chi connectivity index (χ0n) is 16.2. The van der Waals surface area contributed by atoms with E-state index < -0.39 is 0 Å². The predicted octanol–water partition coefficient (Wildman–Crippen LogP) is 3.93. The lowest BCUT2D eigenvalue weighted by Gasteiger charge is -2.22. The number of aromatic nitrogens is 4. The Kier molecular flexibility index (Phi) is 5.37. The van der Waals surface area contributed by atoms with Crippen LogP contribution in [0, 0.1) is 5.92 Å². The van der Waals surface area contributed by atoms with Gasteiger partial charge in [0, 0.05) is 28.9 Å². The lowest BCUT2D eigenvalue weighted by Crippen LogP contribution is -2.31. The van der Waals surface area contributed by atoms with Crippen molar-refractivity contribution in [1.29, 1.82) is 0 Å². The average Bonchev–Trinajstić information content (AvgIpc) is 3.06. The highest BCUT2D eigenvalue weighted by molar-refractivity contribution is 6.31. The fraction of sp³-hybridized carbons (Fsp3) is 0.450. The first-order valence-corrected chi connectivity index (χ1v) is 10.1. The molecule has 0 aliphatic carbocycles. The van der Waals surface area contributed by atoms with Gasteiger partial charge in [0.05, 0.1) is 6.33 Å². The predicted molar refractivity (Wildman–Crippen MR) is 114 cm³/mol. The van der Waals surface area contributed by atoms with Gasteiger partial charge in [-0.1, -0.05) is 11.6 Å². The van der Waals surface area contributed by atoms with Crippen molar-refractivity contribution < 1.29 is 0 Å². The molecule has 1 atom stereocenters. The molecule has 1 fully saturated rings. The van der Waals surface area contributed by atoms with Gasteiger partial charge in [0.1, 0.15) is 5.82 Å². The highest BCUT2D eigenvalue weighted by Gasteiger charge is 2.19. The number of rotatable bonds is 5. The third-order valence-corrected chi connectivity index (χ3v) is 5.30. The van der Waals surface area contributed by atoms with E-state index in [1.807, 2.05) is 18.5 Å². The first-order chi connectivity index (χ1) is 13.5. The van der Waals surface area contributed by atoms with Crippen molar-refractivity contribution >= 4 is 40.0 Å². The van der Waals surface area contributed by atoms with E-state index in [0.29, 0.717) is 22.4 Å². The molecule has 3 aromatic rings. The lowest BCUT2D eigenvalue weighted by atomic mass is 9.96. The Morgan fingerprint density at radius 1 is 1.32 bits per heavy atom. The summed E-state index contributed by atoms with van der Waals surface area (Å²) in [6.45, 7) is 6.36. The first kappa shape index (κ1) is 19.0. The average molecular weight is 400 g/mol. The van der Waals surface area contributed by atoms with E-state index in [-0.39, 0.29) is 6.04 Å². The summed E-state index contributed by atoms with van der Waals surface area (Å²) in [5, 5.41) is 7.40. The van der Waals surface area contributed by atoms with Crippen molar-refractivity contribution in [2.75, 3.05) is 24.1 Å². The maximum Gasteiger partial charge on any atom is 0.166 e. The minimum atomic E-state index is 0.263. The molecular formula is C20H26ClN7. The molecule has 0 bridgehead atoms. The third kappa shape index (κ3) is 4.05. The zero-order valence-corrected chi connectivity index (χ0v) is 17.0. The standard InChI is InChI=1S/C20H26ClN7/c1-12(2)28-11-24-18-19(25-16-8-14(21)7-15(22)9-16)26-17(27-20(18)28)6-13-4-3-5-23-10-13/h7-9,11-13,23H,3-6,10,22H2,1-2H3,(H,25,26,27)/t13-/m0/s1. The molecule has 1 aromatic carbocycles. The van der Waals surface area contributed by atoms with Gasteiger partial charge in [0.25, 0.3) is 0 Å². The molecule has 8 heteroatoms. The molecule has 1 saturated heterocycles. The first-order valence-electron chi connectivity index (χ1n) is 9.77. The number of piperidine rings is 1. The largest absolute Gasteiger partial charge is 0.399 e. The molecule has 28 heavy (non-hydrogen) atoms. The van der Waals surface area contributed by atoms with Gasteiger partial charge in [-0.2, -0.15) is 0 Å². The Hall–Kier alpha value is -2.38. The molecule has 3 heterocycles. The van der Waals surface area contributed by atoms with Gasteiger partial charge in [-0.05, 0) is 63.9 Å². The molecule has 148 valence electrons. The topological polar surface area (TPSA) is 93.7 Å². The summed E-state index contributed by atoms with van der Waals surface area (Å²) in [6.07, 6.45) is 5.07. The molecule has 4 rings (SSSR count). The number of hydrogen-bond donors (Lipinski definition) is 3. The number of imidazole rings is 1. The van der Waals surface area contributed by atoms with E-state index in [0.717, 1.165) is 42.2 Å². The van der Waals surface area contributed by atoms with Crippen molar-refractivity contribution in [2.24, 2.45) is 5.92 Å². The van der Waals surface area contributed by atoms with Crippen LogP contribution in [0.2, 0.25) is 5.02 Å². The fourth-order valence-electron chi connectivity index (χ4n) is 3.70. The Labute approximate surface area is 169 Å². The van der Waals surface area contributed by atoms with Gasteiger partial charge < -0.3 is 20.9 Å². The summed E-state index contributed by atoms with van der Waals surface area (Å²) < 4.78 is 2.08. The van der Waals surface area contributed by atoms with Gasteiger partial charge in [0.15, 0.2) is 17.0 Å². The molecule has 2 aromatic heterocycles. The monoisotopic (exact) mass is 399 g/mol. The van der Waals surface area contributed by atoms with Crippen LogP contribution < -0.4 is 16.4 Å². The molecule has 1 aliphatic heterocycles. The summed E-state index contributed by atoms with van der Waals surface area (Å²) in [5.74, 6) is 2.07. The number of nitrogen functional groups attached to an aromatic ring is 1. The molecule has 0 spiro atoms. The van der Waals surface area contributed by atoms with Crippen molar-refractivity contribution in [2.45, 2.75) is 39.2 Å². The maximum absolute atomic E-state index is 6.16. The van der Waals surface area contributed by atoms with Crippen molar-refractivity contribution in [1.82, 2.24) is 24.8 Å².